The first kappa shape index (κ1) is 14.3. The Kier molecular flexibility index (Phi) is 4.57. The van der Waals surface area contributed by atoms with E-state index in [1.54, 1.807) is 0 Å². The molecular formula is C14H17NO5. The van der Waals surface area contributed by atoms with Crippen molar-refractivity contribution in [2.24, 2.45) is 0 Å². The summed E-state index contributed by atoms with van der Waals surface area (Å²) >= 11 is 0. The second kappa shape index (κ2) is 6.38. The van der Waals surface area contributed by atoms with E-state index in [0.29, 0.717) is 0 Å². The van der Waals surface area contributed by atoms with Crippen LogP contribution >= 0.6 is 0 Å². The Bertz CT molecular complexity index is 476. The average molecular weight is 279 g/mol. The lowest BCUT2D eigenvalue weighted by atomic mass is 10.2. The first-order valence-corrected chi connectivity index (χ1v) is 6.35. The fourth-order valence-corrected chi connectivity index (χ4v) is 2.18. The predicted octanol–water partition coefficient (Wildman–Crippen LogP) is 0.931. The number of β-amino-alcohol motifs (C(OH)–C–C–N with tert-alkyl or cyclic N) is 1. The van der Waals surface area contributed by atoms with Gasteiger partial charge in [0.25, 0.3) is 0 Å². The summed E-state index contributed by atoms with van der Waals surface area (Å²) in [5.41, 5.74) is 0.865. The van der Waals surface area contributed by atoms with Crippen LogP contribution < -0.4 is 0 Å². The lowest BCUT2D eigenvalue weighted by Gasteiger charge is -2.21. The number of benzene rings is 1. The molecule has 0 bridgehead atoms. The van der Waals surface area contributed by atoms with Crippen LogP contribution in [-0.4, -0.2) is 47.9 Å². The summed E-state index contributed by atoms with van der Waals surface area (Å²) in [7, 11) is 1.24. The molecule has 0 unspecified atom stereocenters. The van der Waals surface area contributed by atoms with E-state index in [9.17, 15) is 14.7 Å². The molecule has 1 aliphatic rings. The summed E-state index contributed by atoms with van der Waals surface area (Å²) in [6.07, 6.45) is -1.20. The number of esters is 1. The summed E-state index contributed by atoms with van der Waals surface area (Å²) in [5, 5.41) is 9.59. The van der Waals surface area contributed by atoms with Crippen molar-refractivity contribution < 1.29 is 24.2 Å². The normalized spacial score (nSPS) is 21.6. The first-order valence-electron chi connectivity index (χ1n) is 6.35. The lowest BCUT2D eigenvalue weighted by molar-refractivity contribution is -0.149. The topological polar surface area (TPSA) is 76.1 Å². The van der Waals surface area contributed by atoms with Crippen LogP contribution in [0.2, 0.25) is 0 Å². The van der Waals surface area contributed by atoms with Crippen LogP contribution in [0, 0.1) is 0 Å². The summed E-state index contributed by atoms with van der Waals surface area (Å²) in [4.78, 5) is 24.7. The number of methoxy groups -OCH3 is 1. The van der Waals surface area contributed by atoms with E-state index in [0.717, 1.165) is 5.56 Å². The van der Waals surface area contributed by atoms with E-state index in [-0.39, 0.29) is 19.6 Å². The van der Waals surface area contributed by atoms with Crippen LogP contribution in [-0.2, 0) is 20.9 Å². The Hall–Kier alpha value is -2.08. The molecule has 1 saturated heterocycles. The standard InChI is InChI=1S/C14H17NO5/c1-19-14(18)15-8-11(16)7-12(15)13(17)20-9-10-5-3-2-4-6-10/h2-6,11-12,16H,7-9H2,1H3/t11-,12+/m1/s1. The van der Waals surface area contributed by atoms with Gasteiger partial charge in [0.15, 0.2) is 0 Å². The third-order valence-electron chi connectivity index (χ3n) is 3.18. The summed E-state index contributed by atoms with van der Waals surface area (Å²) in [6, 6.07) is 8.47. The van der Waals surface area contributed by atoms with E-state index < -0.39 is 24.2 Å². The molecule has 1 N–H and O–H groups in total. The molecule has 1 aromatic carbocycles. The first-order chi connectivity index (χ1) is 9.61. The van der Waals surface area contributed by atoms with Crippen LogP contribution in [0.25, 0.3) is 0 Å². The molecule has 0 radical (unpaired) electrons. The zero-order chi connectivity index (χ0) is 14.5. The molecule has 2 rings (SSSR count). The van der Waals surface area contributed by atoms with E-state index in [2.05, 4.69) is 4.74 Å². The molecule has 2 atom stereocenters. The Morgan fingerprint density at radius 1 is 1.35 bits per heavy atom. The summed E-state index contributed by atoms with van der Waals surface area (Å²) in [6.45, 7) is 0.221. The molecule has 1 heterocycles. The third-order valence-corrected chi connectivity index (χ3v) is 3.18. The maximum absolute atomic E-state index is 12.0. The molecule has 6 nitrogen and oxygen atoms in total. The number of hydrogen-bond acceptors (Lipinski definition) is 5. The van der Waals surface area contributed by atoms with Crippen molar-refractivity contribution in [3.63, 3.8) is 0 Å². The van der Waals surface area contributed by atoms with Crippen molar-refractivity contribution in [3.8, 4) is 0 Å². The van der Waals surface area contributed by atoms with Crippen molar-refractivity contribution >= 4 is 12.1 Å². The van der Waals surface area contributed by atoms with Crippen LogP contribution in [0.3, 0.4) is 0 Å². The molecule has 1 fully saturated rings. The van der Waals surface area contributed by atoms with Crippen LogP contribution in [0.1, 0.15) is 12.0 Å². The van der Waals surface area contributed by atoms with Crippen LogP contribution in [0.15, 0.2) is 30.3 Å². The lowest BCUT2D eigenvalue weighted by Crippen LogP contribution is -2.41. The molecule has 20 heavy (non-hydrogen) atoms. The molecule has 108 valence electrons. The largest absolute Gasteiger partial charge is 0.459 e. The second-order valence-electron chi connectivity index (χ2n) is 4.62. The van der Waals surface area contributed by atoms with E-state index in [1.807, 2.05) is 30.3 Å². The monoisotopic (exact) mass is 279 g/mol. The van der Waals surface area contributed by atoms with Gasteiger partial charge in [-0.2, -0.15) is 0 Å². The zero-order valence-corrected chi connectivity index (χ0v) is 11.2. The van der Waals surface area contributed by atoms with Gasteiger partial charge in [0, 0.05) is 6.42 Å². The Labute approximate surface area is 116 Å². The molecule has 1 amide bonds. The summed E-state index contributed by atoms with van der Waals surface area (Å²) < 4.78 is 9.78. The highest BCUT2D eigenvalue weighted by atomic mass is 16.6. The second-order valence-corrected chi connectivity index (χ2v) is 4.62. The minimum atomic E-state index is -0.791. The van der Waals surface area contributed by atoms with Crippen molar-refractivity contribution in [3.05, 3.63) is 35.9 Å². The average Bonchev–Trinajstić information content (AvgIpc) is 2.87. The van der Waals surface area contributed by atoms with Crippen LogP contribution in [0.5, 0.6) is 0 Å². The number of carbonyl (C=O) groups is 2. The van der Waals surface area contributed by atoms with Crippen molar-refractivity contribution in [1.82, 2.24) is 4.90 Å². The minimum absolute atomic E-state index is 0.0811. The summed E-state index contributed by atoms with van der Waals surface area (Å²) in [5.74, 6) is -0.532. The number of rotatable bonds is 3. The van der Waals surface area contributed by atoms with Gasteiger partial charge in [0.1, 0.15) is 12.6 Å². The highest BCUT2D eigenvalue weighted by Crippen LogP contribution is 2.20. The van der Waals surface area contributed by atoms with E-state index in [1.165, 1.54) is 12.0 Å². The van der Waals surface area contributed by atoms with Gasteiger partial charge in [-0.15, -0.1) is 0 Å². The van der Waals surface area contributed by atoms with Crippen molar-refractivity contribution in [2.45, 2.75) is 25.2 Å². The molecule has 0 aliphatic carbocycles. The van der Waals surface area contributed by atoms with Gasteiger partial charge in [-0.25, -0.2) is 9.59 Å². The van der Waals surface area contributed by atoms with Gasteiger partial charge in [0.2, 0.25) is 0 Å². The number of carbonyl (C=O) groups excluding carboxylic acids is 2. The number of amides is 1. The molecule has 0 saturated carbocycles. The van der Waals surface area contributed by atoms with Crippen molar-refractivity contribution in [2.75, 3.05) is 13.7 Å². The maximum atomic E-state index is 12.0. The smallest absolute Gasteiger partial charge is 0.410 e. The van der Waals surface area contributed by atoms with Crippen LogP contribution in [0.4, 0.5) is 4.79 Å². The zero-order valence-electron chi connectivity index (χ0n) is 11.2. The quantitative estimate of drug-likeness (QED) is 0.833. The molecule has 1 aromatic rings. The maximum Gasteiger partial charge on any atom is 0.410 e. The van der Waals surface area contributed by atoms with E-state index in [4.69, 9.17) is 4.74 Å². The molecule has 6 heteroatoms. The van der Waals surface area contributed by atoms with Gasteiger partial charge in [-0.3, -0.25) is 4.90 Å². The predicted molar refractivity (Wildman–Crippen MR) is 69.8 cm³/mol. The number of ether oxygens (including phenoxy) is 2. The molecular weight excluding hydrogens is 262 g/mol. The fourth-order valence-electron chi connectivity index (χ4n) is 2.18. The fraction of sp³-hybridized carbons (Fsp3) is 0.429. The molecule has 1 aliphatic heterocycles. The molecule has 0 aromatic heterocycles. The van der Waals surface area contributed by atoms with Gasteiger partial charge in [-0.05, 0) is 5.56 Å². The SMILES string of the molecule is COC(=O)N1C[C@H](O)C[C@H]1C(=O)OCc1ccccc1. The van der Waals surface area contributed by atoms with E-state index >= 15 is 0 Å². The van der Waals surface area contributed by atoms with Crippen molar-refractivity contribution in [1.29, 1.82) is 0 Å². The van der Waals surface area contributed by atoms with Gasteiger partial charge < -0.3 is 14.6 Å². The number of hydrogen-bond donors (Lipinski definition) is 1. The highest BCUT2D eigenvalue weighted by Gasteiger charge is 2.40. The van der Waals surface area contributed by atoms with Gasteiger partial charge in [0.05, 0.1) is 19.8 Å². The third kappa shape index (κ3) is 3.27. The number of nitrogens with zero attached hydrogens (tertiary/aromatic N) is 1. The van der Waals surface area contributed by atoms with Gasteiger partial charge in [-0.1, -0.05) is 30.3 Å². The number of aliphatic hydroxyl groups excluding tert-OH is 1. The Balaban J connectivity index is 1.95. The highest BCUT2D eigenvalue weighted by molar-refractivity contribution is 5.82. The number of likely N-dealkylation sites (tertiary alicyclic amines) is 1. The Morgan fingerprint density at radius 2 is 2.05 bits per heavy atom. The van der Waals surface area contributed by atoms with Gasteiger partial charge >= 0.3 is 12.1 Å². The number of aliphatic hydroxyl groups is 1. The Morgan fingerprint density at radius 3 is 2.70 bits per heavy atom. The molecule has 0 spiro atoms. The minimum Gasteiger partial charge on any atom is -0.459 e.